The third-order valence-electron chi connectivity index (χ3n) is 9.75. The minimum Gasteiger partial charge on any atom is -0.481 e. The van der Waals surface area contributed by atoms with Crippen molar-refractivity contribution in [3.63, 3.8) is 0 Å². The van der Waals surface area contributed by atoms with Gasteiger partial charge in [0.05, 0.1) is 17.5 Å². The highest BCUT2D eigenvalue weighted by Gasteiger charge is 2.47. The molecule has 2 aromatic rings. The number of aromatic nitrogens is 2. The van der Waals surface area contributed by atoms with E-state index in [4.69, 9.17) is 4.84 Å². The summed E-state index contributed by atoms with van der Waals surface area (Å²) in [6.45, 7) is 0. The van der Waals surface area contributed by atoms with Gasteiger partial charge in [0.15, 0.2) is 5.69 Å². The molecule has 1 aromatic heterocycles. The van der Waals surface area contributed by atoms with Crippen molar-refractivity contribution in [2.75, 3.05) is 7.11 Å². The molecule has 6 atom stereocenters. The molecule has 2 saturated heterocycles. The molecule has 2 unspecified atom stereocenters. The molecule has 6 rings (SSSR count). The fourth-order valence-electron chi connectivity index (χ4n) is 8.35. The van der Waals surface area contributed by atoms with E-state index < -0.39 is 5.97 Å². The first kappa shape index (κ1) is 25.5. The lowest BCUT2D eigenvalue weighted by Gasteiger charge is -2.48. The second-order valence-electron chi connectivity index (χ2n) is 12.1. The zero-order valence-corrected chi connectivity index (χ0v) is 22.4. The number of piperidine rings is 1. The Hall–Kier alpha value is -2.74. The van der Waals surface area contributed by atoms with Crippen molar-refractivity contribution in [1.29, 1.82) is 0 Å². The lowest BCUT2D eigenvalue weighted by Crippen LogP contribution is -2.52. The lowest BCUT2D eigenvalue weighted by molar-refractivity contribution is -0.136. The number of rotatable bonds is 7. The van der Waals surface area contributed by atoms with Crippen molar-refractivity contribution in [2.45, 2.75) is 108 Å². The van der Waals surface area contributed by atoms with E-state index in [9.17, 15) is 14.7 Å². The van der Waals surface area contributed by atoms with Gasteiger partial charge in [-0.1, -0.05) is 43.0 Å². The van der Waals surface area contributed by atoms with Gasteiger partial charge in [0.2, 0.25) is 0 Å². The van der Waals surface area contributed by atoms with E-state index in [2.05, 4.69) is 15.0 Å². The van der Waals surface area contributed by atoms with Gasteiger partial charge in [-0.05, 0) is 68.9 Å². The number of hydrogen-bond donors (Lipinski definition) is 1. The molecule has 2 aliphatic heterocycles. The monoisotopic (exact) mass is 520 g/mol. The smallest absolute Gasteiger partial charge is 0.303 e. The van der Waals surface area contributed by atoms with Gasteiger partial charge < -0.3 is 14.5 Å². The molecule has 1 aromatic carbocycles. The van der Waals surface area contributed by atoms with Crippen LogP contribution in [0.15, 0.2) is 34.2 Å². The van der Waals surface area contributed by atoms with Crippen LogP contribution < -0.4 is 5.56 Å². The van der Waals surface area contributed by atoms with E-state index >= 15 is 0 Å². The minimum atomic E-state index is -0.943. The Morgan fingerprint density at radius 3 is 2.29 bits per heavy atom. The Kier molecular flexibility index (Phi) is 7.25. The molecule has 4 bridgehead atoms. The predicted octanol–water partition coefficient (Wildman–Crippen LogP) is 5.14. The maximum atomic E-state index is 14.0. The van der Waals surface area contributed by atoms with Gasteiger partial charge in [0.25, 0.3) is 5.56 Å². The third-order valence-corrected chi connectivity index (χ3v) is 9.75. The quantitative estimate of drug-likeness (QED) is 0.401. The number of oxime groups is 1. The Morgan fingerprint density at radius 1 is 0.947 bits per heavy atom. The number of hydrogen-bond acceptors (Lipinski definition) is 6. The maximum Gasteiger partial charge on any atom is 0.303 e. The first-order valence-corrected chi connectivity index (χ1v) is 14.6. The summed E-state index contributed by atoms with van der Waals surface area (Å²) >= 11 is 0. The Balaban J connectivity index is 1.32. The number of fused-ring (bicyclic) bond motifs is 5. The Labute approximate surface area is 224 Å². The van der Waals surface area contributed by atoms with Gasteiger partial charge in [0.1, 0.15) is 12.8 Å². The van der Waals surface area contributed by atoms with Crippen LogP contribution in [0.3, 0.4) is 0 Å². The van der Waals surface area contributed by atoms with Crippen molar-refractivity contribution in [2.24, 2.45) is 17.0 Å². The van der Waals surface area contributed by atoms with E-state index in [0.29, 0.717) is 23.8 Å². The molecule has 3 heterocycles. The summed E-state index contributed by atoms with van der Waals surface area (Å²) in [5.74, 6) is 0.857. The molecule has 8 heteroatoms. The summed E-state index contributed by atoms with van der Waals surface area (Å²) in [7, 11) is 1.41. The highest BCUT2D eigenvalue weighted by molar-refractivity contribution is 6.00. The lowest BCUT2D eigenvalue weighted by atomic mass is 9.76. The van der Waals surface area contributed by atoms with Gasteiger partial charge in [-0.15, -0.1) is 0 Å². The molecule has 4 aliphatic rings. The van der Waals surface area contributed by atoms with Gasteiger partial charge >= 0.3 is 5.97 Å². The van der Waals surface area contributed by atoms with E-state index in [1.165, 1.54) is 64.9 Å². The van der Waals surface area contributed by atoms with E-state index in [0.717, 1.165) is 35.7 Å². The summed E-state index contributed by atoms with van der Waals surface area (Å²) in [6.07, 6.45) is 14.1. The van der Waals surface area contributed by atoms with Crippen LogP contribution in [0, 0.1) is 11.8 Å². The SMILES string of the molecule is CON=C(CCC(=O)O)c1nc2ccccc2n(C2C[C@H]3CC[C@@H](C2)N3C2C[C@H]3CCCC[C@@H](C2)C3)c1=O. The molecule has 204 valence electrons. The standard InChI is InChI=1S/C30H40N4O4/c1-38-32-26(12-13-28(35)36)29-30(37)34(27-9-5-4-8-25(27)31-29)24-17-21-10-11-22(18-24)33(21)23-15-19-6-2-3-7-20(14-19)16-23/h4-5,8-9,19-24H,2-3,6-7,10-18H2,1H3,(H,35,36)/t19-,20+,21-,22+,23?,24?. The summed E-state index contributed by atoms with van der Waals surface area (Å²) in [5, 5.41) is 13.3. The van der Waals surface area contributed by atoms with E-state index in [1.54, 1.807) is 0 Å². The normalized spacial score (nSPS) is 31.8. The highest BCUT2D eigenvalue weighted by atomic mass is 16.6. The second kappa shape index (κ2) is 10.8. The van der Waals surface area contributed by atoms with Gasteiger partial charge in [-0.25, -0.2) is 4.98 Å². The van der Waals surface area contributed by atoms with Crippen molar-refractivity contribution < 1.29 is 14.7 Å². The molecule has 2 aliphatic carbocycles. The summed E-state index contributed by atoms with van der Waals surface area (Å²) in [6, 6.07) is 9.62. The maximum absolute atomic E-state index is 14.0. The number of nitrogens with zero attached hydrogens (tertiary/aromatic N) is 4. The molecule has 4 fully saturated rings. The van der Waals surface area contributed by atoms with Crippen molar-refractivity contribution in [3.8, 4) is 0 Å². The van der Waals surface area contributed by atoms with Crippen LogP contribution in [0.25, 0.3) is 11.0 Å². The molecule has 38 heavy (non-hydrogen) atoms. The molecule has 1 N–H and O–H groups in total. The van der Waals surface area contributed by atoms with Crippen LogP contribution in [0.2, 0.25) is 0 Å². The fourth-order valence-corrected chi connectivity index (χ4v) is 8.35. The summed E-state index contributed by atoms with van der Waals surface area (Å²) in [4.78, 5) is 37.9. The highest BCUT2D eigenvalue weighted by Crippen LogP contribution is 2.47. The third kappa shape index (κ3) is 4.88. The van der Waals surface area contributed by atoms with Crippen LogP contribution in [-0.4, -0.2) is 56.5 Å². The first-order chi connectivity index (χ1) is 18.5. The molecule has 0 radical (unpaired) electrons. The molecule has 0 amide bonds. The van der Waals surface area contributed by atoms with Crippen LogP contribution in [0.4, 0.5) is 0 Å². The van der Waals surface area contributed by atoms with Crippen LogP contribution in [0.1, 0.15) is 95.2 Å². The van der Waals surface area contributed by atoms with Crippen molar-refractivity contribution >= 4 is 22.7 Å². The molecule has 0 spiro atoms. The predicted molar refractivity (Wildman–Crippen MR) is 146 cm³/mol. The van der Waals surface area contributed by atoms with Gasteiger partial charge in [-0.2, -0.15) is 0 Å². The van der Waals surface area contributed by atoms with Crippen LogP contribution in [-0.2, 0) is 9.63 Å². The zero-order valence-electron chi connectivity index (χ0n) is 22.4. The molecular weight excluding hydrogens is 480 g/mol. The number of carboxylic acid groups (broad SMARTS) is 1. The van der Waals surface area contributed by atoms with Crippen LogP contribution >= 0.6 is 0 Å². The van der Waals surface area contributed by atoms with Crippen molar-refractivity contribution in [1.82, 2.24) is 14.5 Å². The largest absolute Gasteiger partial charge is 0.481 e. The fraction of sp³-hybridized carbons (Fsp3) is 0.667. The average molecular weight is 521 g/mol. The zero-order chi connectivity index (χ0) is 26.2. The van der Waals surface area contributed by atoms with Crippen molar-refractivity contribution in [3.05, 3.63) is 40.3 Å². The molecule has 8 nitrogen and oxygen atoms in total. The second-order valence-corrected chi connectivity index (χ2v) is 12.1. The van der Waals surface area contributed by atoms with Crippen LogP contribution in [0.5, 0.6) is 0 Å². The number of carbonyl (C=O) groups is 1. The number of aliphatic carboxylic acids is 1. The number of benzene rings is 1. The Bertz CT molecular complexity index is 1240. The first-order valence-electron chi connectivity index (χ1n) is 14.6. The average Bonchev–Trinajstić information content (AvgIpc) is 3.06. The summed E-state index contributed by atoms with van der Waals surface area (Å²) in [5.41, 5.74) is 1.89. The topological polar surface area (TPSA) is 97.0 Å². The Morgan fingerprint density at radius 2 is 1.63 bits per heavy atom. The summed E-state index contributed by atoms with van der Waals surface area (Å²) < 4.78 is 1.95. The van der Waals surface area contributed by atoms with Gasteiger partial charge in [0, 0.05) is 30.6 Å². The molecule has 2 saturated carbocycles. The minimum absolute atomic E-state index is 0.0945. The number of para-hydroxylation sites is 2. The van der Waals surface area contributed by atoms with E-state index in [1.807, 2.05) is 28.8 Å². The van der Waals surface area contributed by atoms with E-state index in [-0.39, 0.29) is 30.1 Å². The molecular formula is C30H40N4O4. The number of carboxylic acids is 1. The van der Waals surface area contributed by atoms with Gasteiger partial charge in [-0.3, -0.25) is 14.5 Å².